The van der Waals surface area contributed by atoms with E-state index in [-0.39, 0.29) is 34.9 Å². The van der Waals surface area contributed by atoms with Gasteiger partial charge in [-0.15, -0.1) is 0 Å². The minimum Gasteiger partial charge on any atom is -0.492 e. The number of carbonyl (C=O) groups excluding carboxylic acids is 1. The van der Waals surface area contributed by atoms with Crippen LogP contribution in [0.3, 0.4) is 0 Å². The van der Waals surface area contributed by atoms with Crippen LogP contribution in [0.4, 0.5) is 10.1 Å². The van der Waals surface area contributed by atoms with E-state index in [0.29, 0.717) is 18.1 Å². The van der Waals surface area contributed by atoms with Crippen LogP contribution in [0.15, 0.2) is 102 Å². The minimum atomic E-state index is -1.10. The van der Waals surface area contributed by atoms with Crippen molar-refractivity contribution in [3.63, 3.8) is 0 Å². The third kappa shape index (κ3) is 7.90. The first kappa shape index (κ1) is 29.2. The van der Waals surface area contributed by atoms with Crippen molar-refractivity contribution in [2.24, 2.45) is 0 Å². The molecule has 9 heteroatoms. The van der Waals surface area contributed by atoms with Crippen LogP contribution in [0.2, 0.25) is 0 Å². The van der Waals surface area contributed by atoms with Crippen LogP contribution < -0.4 is 19.5 Å². The van der Waals surface area contributed by atoms with E-state index >= 15 is 0 Å². The number of halogens is 1. The number of carboxylic acids is 1. The molecule has 3 N–H and O–H groups in total. The fourth-order valence-corrected chi connectivity index (χ4v) is 5.66. The number of rotatable bonds is 12. The first-order valence-corrected chi connectivity index (χ1v) is 14.5. The summed E-state index contributed by atoms with van der Waals surface area (Å²) >= 11 is 1.51. The molecule has 0 unspecified atom stereocenters. The normalized spacial score (nSPS) is 13.8. The highest BCUT2D eigenvalue weighted by molar-refractivity contribution is 7.97. The number of carboxylic acid groups (broad SMARTS) is 1. The Bertz CT molecular complexity index is 1510. The molecule has 7 nitrogen and oxygen atoms in total. The van der Waals surface area contributed by atoms with Crippen LogP contribution in [0, 0.1) is 5.82 Å². The van der Waals surface area contributed by atoms with Crippen molar-refractivity contribution in [1.29, 1.82) is 0 Å². The Morgan fingerprint density at radius 1 is 0.833 bits per heavy atom. The van der Waals surface area contributed by atoms with Crippen LogP contribution in [0.25, 0.3) is 0 Å². The molecule has 0 heterocycles. The van der Waals surface area contributed by atoms with E-state index in [1.165, 1.54) is 30.1 Å². The summed E-state index contributed by atoms with van der Waals surface area (Å²) in [4.78, 5) is 24.8. The van der Waals surface area contributed by atoms with Gasteiger partial charge in [0.15, 0.2) is 0 Å². The van der Waals surface area contributed by atoms with Crippen molar-refractivity contribution >= 4 is 29.5 Å². The molecule has 4 aromatic carbocycles. The third-order valence-electron chi connectivity index (χ3n) is 7.05. The van der Waals surface area contributed by atoms with Gasteiger partial charge < -0.3 is 19.9 Å². The Labute approximate surface area is 248 Å². The van der Waals surface area contributed by atoms with Gasteiger partial charge in [0.05, 0.1) is 23.2 Å². The number of carbonyl (C=O) groups is 2. The highest BCUT2D eigenvalue weighted by atomic mass is 32.2. The fraction of sp³-hybridized carbons (Fsp3) is 0.212. The zero-order valence-electron chi connectivity index (χ0n) is 22.8. The summed E-state index contributed by atoms with van der Waals surface area (Å²) in [5, 5.41) is 12.0. The number of para-hydroxylation sites is 1. The summed E-state index contributed by atoms with van der Waals surface area (Å²) in [7, 11) is 0. The number of amides is 1. The average Bonchev–Trinajstić information content (AvgIpc) is 3.47. The second kappa shape index (κ2) is 13.5. The van der Waals surface area contributed by atoms with Crippen LogP contribution in [0.1, 0.15) is 41.6 Å². The number of aromatic carboxylic acids is 1. The van der Waals surface area contributed by atoms with Gasteiger partial charge in [0, 0.05) is 4.90 Å². The van der Waals surface area contributed by atoms with Crippen molar-refractivity contribution in [2.45, 2.75) is 42.5 Å². The maximum atomic E-state index is 13.2. The lowest BCUT2D eigenvalue weighted by Crippen LogP contribution is -2.44. The molecular weight excluding hydrogens is 555 g/mol. The van der Waals surface area contributed by atoms with Crippen molar-refractivity contribution < 1.29 is 28.6 Å². The smallest absolute Gasteiger partial charge is 0.337 e. The van der Waals surface area contributed by atoms with Gasteiger partial charge in [-0.2, -0.15) is 0 Å². The Kier molecular flexibility index (Phi) is 9.41. The quantitative estimate of drug-likeness (QED) is 0.148. The van der Waals surface area contributed by atoms with E-state index in [1.807, 2.05) is 24.3 Å². The van der Waals surface area contributed by atoms with Gasteiger partial charge in [-0.05, 0) is 103 Å². The van der Waals surface area contributed by atoms with E-state index < -0.39 is 5.97 Å². The largest absolute Gasteiger partial charge is 0.492 e. The number of nitrogens with one attached hydrogen (secondary N) is 2. The molecule has 0 aromatic heterocycles. The minimum absolute atomic E-state index is 0.0431. The van der Waals surface area contributed by atoms with Gasteiger partial charge in [0.2, 0.25) is 5.91 Å². The summed E-state index contributed by atoms with van der Waals surface area (Å²) in [6.45, 7) is 0.526. The lowest BCUT2D eigenvalue weighted by Gasteiger charge is -2.29. The number of benzene rings is 4. The summed E-state index contributed by atoms with van der Waals surface area (Å²) in [6.07, 6.45) is 4.38. The SMILES string of the molecule is O=C(Cc1ccc(Oc2ccc(OCC3(NSc4ccc(F)cc4)CCCC3)cc2)cc1)Nc1ccccc1C(=O)O. The molecule has 0 radical (unpaired) electrons. The molecule has 1 aliphatic rings. The first-order valence-electron chi connectivity index (χ1n) is 13.7. The molecule has 5 rings (SSSR count). The van der Waals surface area contributed by atoms with Crippen LogP contribution in [-0.4, -0.2) is 29.1 Å². The van der Waals surface area contributed by atoms with E-state index in [2.05, 4.69) is 10.0 Å². The summed E-state index contributed by atoms with van der Waals surface area (Å²) in [5.74, 6) is 0.365. The van der Waals surface area contributed by atoms with E-state index in [0.717, 1.165) is 41.9 Å². The summed E-state index contributed by atoms with van der Waals surface area (Å²) in [6, 6.07) is 27.4. The molecule has 216 valence electrons. The van der Waals surface area contributed by atoms with Gasteiger partial charge in [-0.25, -0.2) is 9.18 Å². The van der Waals surface area contributed by atoms with E-state index in [1.54, 1.807) is 54.6 Å². The van der Waals surface area contributed by atoms with Crippen molar-refractivity contribution in [1.82, 2.24) is 4.72 Å². The number of hydrogen-bond acceptors (Lipinski definition) is 6. The summed E-state index contributed by atoms with van der Waals surface area (Å²) < 4.78 is 28.9. The Hall–Kier alpha value is -4.34. The van der Waals surface area contributed by atoms with Gasteiger partial charge in [-0.3, -0.25) is 9.52 Å². The lowest BCUT2D eigenvalue weighted by molar-refractivity contribution is -0.115. The second-order valence-electron chi connectivity index (χ2n) is 10.2. The monoisotopic (exact) mass is 586 g/mol. The van der Waals surface area contributed by atoms with Gasteiger partial charge in [0.1, 0.15) is 29.7 Å². The van der Waals surface area contributed by atoms with Crippen molar-refractivity contribution in [3.8, 4) is 17.2 Å². The van der Waals surface area contributed by atoms with Gasteiger partial charge in [-0.1, -0.05) is 37.1 Å². The molecule has 4 aromatic rings. The zero-order valence-corrected chi connectivity index (χ0v) is 23.7. The molecule has 1 amide bonds. The molecule has 1 fully saturated rings. The zero-order chi connectivity index (χ0) is 29.4. The summed E-state index contributed by atoms with van der Waals surface area (Å²) in [5.41, 5.74) is 0.929. The molecule has 0 aliphatic heterocycles. The number of anilines is 1. The van der Waals surface area contributed by atoms with Gasteiger partial charge >= 0.3 is 5.97 Å². The lowest BCUT2D eigenvalue weighted by atomic mass is 10.0. The van der Waals surface area contributed by atoms with E-state index in [4.69, 9.17) is 9.47 Å². The maximum absolute atomic E-state index is 13.2. The topological polar surface area (TPSA) is 96.9 Å². The predicted molar refractivity (Wildman–Crippen MR) is 161 cm³/mol. The van der Waals surface area contributed by atoms with Gasteiger partial charge in [0.25, 0.3) is 0 Å². The Balaban J connectivity index is 1.11. The van der Waals surface area contributed by atoms with E-state index in [9.17, 15) is 19.1 Å². The van der Waals surface area contributed by atoms with Crippen LogP contribution >= 0.6 is 11.9 Å². The molecule has 0 atom stereocenters. The predicted octanol–water partition coefficient (Wildman–Crippen LogP) is 7.49. The first-order chi connectivity index (χ1) is 20.4. The molecule has 0 bridgehead atoms. The molecule has 1 aliphatic carbocycles. The highest BCUT2D eigenvalue weighted by Gasteiger charge is 2.35. The molecule has 42 heavy (non-hydrogen) atoms. The van der Waals surface area contributed by atoms with Crippen molar-refractivity contribution in [3.05, 3.63) is 114 Å². The highest BCUT2D eigenvalue weighted by Crippen LogP contribution is 2.34. The Morgan fingerprint density at radius 3 is 2.12 bits per heavy atom. The molecule has 0 saturated heterocycles. The standard InChI is InChI=1S/C33H31FN2O5S/c34-24-9-17-28(18-10-24)42-36-33(19-3-4-20-33)22-40-25-13-15-27(16-14-25)41-26-11-7-23(8-12-26)21-31(37)35-30-6-2-1-5-29(30)32(38)39/h1-2,5-18,36H,3-4,19-22H2,(H,35,37)(H,38,39). The third-order valence-corrected chi connectivity index (χ3v) is 8.10. The second-order valence-corrected chi connectivity index (χ2v) is 11.1. The van der Waals surface area contributed by atoms with Crippen LogP contribution in [-0.2, 0) is 11.2 Å². The van der Waals surface area contributed by atoms with Crippen LogP contribution in [0.5, 0.6) is 17.2 Å². The molecular formula is C33H31FN2O5S. The number of ether oxygens (including phenoxy) is 2. The maximum Gasteiger partial charge on any atom is 0.337 e. The number of hydrogen-bond donors (Lipinski definition) is 3. The molecule has 0 spiro atoms. The van der Waals surface area contributed by atoms with Crippen molar-refractivity contribution in [2.75, 3.05) is 11.9 Å². The average molecular weight is 587 g/mol. The molecule has 1 saturated carbocycles. The fourth-order valence-electron chi connectivity index (χ4n) is 4.79. The Morgan fingerprint density at radius 2 is 1.45 bits per heavy atom.